The van der Waals surface area contributed by atoms with E-state index in [2.05, 4.69) is 0 Å². The van der Waals surface area contributed by atoms with Crippen molar-refractivity contribution in [2.75, 3.05) is 0 Å². The number of ketones is 3. The van der Waals surface area contributed by atoms with Gasteiger partial charge in [-0.25, -0.2) is 0 Å². The molecule has 0 radical (unpaired) electrons. The van der Waals surface area contributed by atoms with Gasteiger partial charge in [-0.05, 0) is 61.4 Å². The Kier molecular flexibility index (Phi) is 4.18. The maximum atomic E-state index is 13.4. The van der Waals surface area contributed by atoms with Crippen LogP contribution >= 0.6 is 0 Å². The zero-order valence-corrected chi connectivity index (χ0v) is 16.7. The van der Waals surface area contributed by atoms with E-state index in [0.29, 0.717) is 29.7 Å². The van der Waals surface area contributed by atoms with Gasteiger partial charge in [0, 0.05) is 17.6 Å². The summed E-state index contributed by atoms with van der Waals surface area (Å²) in [5, 5.41) is 32.2. The molecular formula is C24H20O7. The highest BCUT2D eigenvalue weighted by molar-refractivity contribution is 6.22. The van der Waals surface area contributed by atoms with Crippen LogP contribution in [0.1, 0.15) is 30.9 Å². The van der Waals surface area contributed by atoms with Crippen molar-refractivity contribution in [3.63, 3.8) is 0 Å². The Hall–Kier alpha value is -3.61. The number of hydrogen-bond donors (Lipinski definition) is 3. The summed E-state index contributed by atoms with van der Waals surface area (Å²) in [5.41, 5.74) is 1.35. The Morgan fingerprint density at radius 3 is 2.55 bits per heavy atom. The number of Topliss-reactive ketones (excluding diaryl/α,β-unsaturated/α-hetero) is 3. The van der Waals surface area contributed by atoms with E-state index in [9.17, 15) is 29.7 Å². The van der Waals surface area contributed by atoms with Gasteiger partial charge in [0.2, 0.25) is 0 Å². The molecule has 0 aliphatic heterocycles. The van der Waals surface area contributed by atoms with Gasteiger partial charge < -0.3 is 19.7 Å². The van der Waals surface area contributed by atoms with Crippen molar-refractivity contribution in [1.82, 2.24) is 0 Å². The smallest absolute Gasteiger partial charge is 0.173 e. The zero-order valence-electron chi connectivity index (χ0n) is 16.7. The molecule has 31 heavy (non-hydrogen) atoms. The Labute approximate surface area is 177 Å². The number of aromatic hydroxyl groups is 1. The molecule has 3 unspecified atom stereocenters. The first-order valence-electron chi connectivity index (χ1n) is 10.1. The van der Waals surface area contributed by atoms with E-state index in [4.69, 9.17) is 4.42 Å². The van der Waals surface area contributed by atoms with E-state index in [-0.39, 0.29) is 40.6 Å². The fourth-order valence-electron chi connectivity index (χ4n) is 5.42. The predicted octanol–water partition coefficient (Wildman–Crippen LogP) is 3.67. The molecule has 2 aromatic rings. The molecule has 1 aromatic heterocycles. The second-order valence-electron chi connectivity index (χ2n) is 8.41. The molecule has 7 nitrogen and oxygen atoms in total. The van der Waals surface area contributed by atoms with Gasteiger partial charge >= 0.3 is 0 Å². The van der Waals surface area contributed by atoms with Gasteiger partial charge in [-0.15, -0.1) is 0 Å². The van der Waals surface area contributed by atoms with Crippen LogP contribution < -0.4 is 0 Å². The normalized spacial score (nSPS) is 25.3. The lowest BCUT2D eigenvalue weighted by Crippen LogP contribution is -2.43. The van der Waals surface area contributed by atoms with Crippen LogP contribution in [0.15, 0.2) is 51.9 Å². The van der Waals surface area contributed by atoms with Crippen LogP contribution in [0.2, 0.25) is 0 Å². The summed E-state index contributed by atoms with van der Waals surface area (Å²) < 4.78 is 5.50. The average Bonchev–Trinajstić information content (AvgIpc) is 3.21. The first kappa shape index (κ1) is 19.4. The van der Waals surface area contributed by atoms with Crippen molar-refractivity contribution < 1.29 is 34.1 Å². The van der Waals surface area contributed by atoms with Crippen LogP contribution in [0.4, 0.5) is 0 Å². The number of carbonyl (C=O) groups excluding carboxylic acids is 3. The minimum absolute atomic E-state index is 0.00212. The van der Waals surface area contributed by atoms with Gasteiger partial charge in [0.15, 0.2) is 17.3 Å². The minimum atomic E-state index is -1.04. The van der Waals surface area contributed by atoms with Crippen LogP contribution in [0, 0.1) is 17.8 Å². The van der Waals surface area contributed by atoms with Crippen LogP contribution in [0.3, 0.4) is 0 Å². The van der Waals surface area contributed by atoms with Crippen molar-refractivity contribution >= 4 is 23.1 Å². The summed E-state index contributed by atoms with van der Waals surface area (Å²) in [4.78, 5) is 37.7. The molecule has 7 heteroatoms. The van der Waals surface area contributed by atoms with E-state index in [1.165, 1.54) is 19.3 Å². The molecule has 1 saturated carbocycles. The molecule has 3 aliphatic carbocycles. The van der Waals surface area contributed by atoms with E-state index in [1.54, 1.807) is 18.2 Å². The Bertz CT molecular complexity index is 1210. The van der Waals surface area contributed by atoms with Crippen molar-refractivity contribution in [2.24, 2.45) is 17.8 Å². The van der Waals surface area contributed by atoms with Gasteiger partial charge in [-0.3, -0.25) is 14.4 Å². The SMILES string of the molecule is CC(=O)C1=C(O)C2C(=O)C3=C(O)c4c(O)ccc(-c5ccco5)c4CC3CC2CC1=O. The molecule has 1 fully saturated rings. The molecule has 3 N–H and O–H groups in total. The van der Waals surface area contributed by atoms with Crippen molar-refractivity contribution in [3.05, 3.63) is 58.6 Å². The number of furan rings is 1. The fourth-order valence-corrected chi connectivity index (χ4v) is 5.42. The molecule has 5 rings (SSSR count). The monoisotopic (exact) mass is 420 g/mol. The predicted molar refractivity (Wildman–Crippen MR) is 109 cm³/mol. The molecule has 0 saturated heterocycles. The number of benzene rings is 1. The highest BCUT2D eigenvalue weighted by atomic mass is 16.3. The number of carbonyl (C=O) groups is 3. The van der Waals surface area contributed by atoms with Crippen molar-refractivity contribution in [1.29, 1.82) is 0 Å². The highest BCUT2D eigenvalue weighted by Crippen LogP contribution is 2.51. The summed E-state index contributed by atoms with van der Waals surface area (Å²) in [6.45, 7) is 1.18. The van der Waals surface area contributed by atoms with Gasteiger partial charge in [-0.2, -0.15) is 0 Å². The van der Waals surface area contributed by atoms with Crippen LogP contribution in [0.25, 0.3) is 17.1 Å². The molecule has 0 amide bonds. The molecule has 0 spiro atoms. The zero-order chi connectivity index (χ0) is 22.0. The molecular weight excluding hydrogens is 400 g/mol. The lowest BCUT2D eigenvalue weighted by molar-refractivity contribution is -0.127. The van der Waals surface area contributed by atoms with Gasteiger partial charge in [-0.1, -0.05) is 0 Å². The topological polar surface area (TPSA) is 125 Å². The summed E-state index contributed by atoms with van der Waals surface area (Å²) in [6, 6.07) is 6.66. The second-order valence-corrected chi connectivity index (χ2v) is 8.41. The third-order valence-corrected chi connectivity index (χ3v) is 6.66. The van der Waals surface area contributed by atoms with E-state index in [0.717, 1.165) is 0 Å². The number of rotatable bonds is 2. The third kappa shape index (κ3) is 2.69. The average molecular weight is 420 g/mol. The summed E-state index contributed by atoms with van der Waals surface area (Å²) in [7, 11) is 0. The molecule has 1 aromatic carbocycles. The lowest BCUT2D eigenvalue weighted by atomic mass is 9.61. The standard InChI is InChI=1S/C24H20O7/c1-10(25)18-16(27)9-12-7-11-8-14-13(17-3-2-6-31-17)4-5-15(26)21(14)24(30)19(11)23(29)20(12)22(18)28/h2-6,11-12,20,26,28,30H,7-9H2,1H3. The first-order chi connectivity index (χ1) is 14.8. The molecule has 0 bridgehead atoms. The number of hydrogen-bond acceptors (Lipinski definition) is 7. The third-order valence-electron chi connectivity index (χ3n) is 6.66. The van der Waals surface area contributed by atoms with Crippen molar-refractivity contribution in [3.8, 4) is 17.1 Å². The Balaban J connectivity index is 1.68. The van der Waals surface area contributed by atoms with Gasteiger partial charge in [0.1, 0.15) is 23.0 Å². The van der Waals surface area contributed by atoms with Crippen LogP contribution in [0.5, 0.6) is 5.75 Å². The fraction of sp³-hybridized carbons (Fsp3) is 0.292. The number of allylic oxidation sites excluding steroid dienone is 3. The van der Waals surface area contributed by atoms with Crippen molar-refractivity contribution in [2.45, 2.75) is 26.2 Å². The summed E-state index contributed by atoms with van der Waals surface area (Å²) in [5.74, 6) is -3.82. The quantitative estimate of drug-likeness (QED) is 0.633. The van der Waals surface area contributed by atoms with Gasteiger partial charge in [0.05, 0.1) is 23.3 Å². The van der Waals surface area contributed by atoms with E-state index in [1.807, 2.05) is 0 Å². The lowest BCUT2D eigenvalue weighted by Gasteiger charge is -2.41. The maximum Gasteiger partial charge on any atom is 0.173 e. The minimum Gasteiger partial charge on any atom is -0.511 e. The van der Waals surface area contributed by atoms with E-state index < -0.39 is 34.9 Å². The largest absolute Gasteiger partial charge is 0.511 e. The molecule has 3 atom stereocenters. The Morgan fingerprint density at radius 2 is 1.87 bits per heavy atom. The highest BCUT2D eigenvalue weighted by Gasteiger charge is 2.50. The van der Waals surface area contributed by atoms with Crippen LogP contribution in [-0.4, -0.2) is 32.7 Å². The first-order valence-corrected chi connectivity index (χ1v) is 10.1. The number of aliphatic hydroxyl groups is 2. The number of phenols is 1. The number of fused-ring (bicyclic) bond motifs is 3. The molecule has 158 valence electrons. The summed E-state index contributed by atoms with van der Waals surface area (Å²) >= 11 is 0. The van der Waals surface area contributed by atoms with E-state index >= 15 is 0 Å². The van der Waals surface area contributed by atoms with Crippen LogP contribution in [-0.2, 0) is 20.8 Å². The number of aliphatic hydroxyl groups excluding tert-OH is 2. The molecule has 1 heterocycles. The Morgan fingerprint density at radius 1 is 1.10 bits per heavy atom. The number of phenolic OH excluding ortho intramolecular Hbond substituents is 1. The maximum absolute atomic E-state index is 13.4. The molecule has 3 aliphatic rings. The van der Waals surface area contributed by atoms with Gasteiger partial charge in [0.25, 0.3) is 0 Å². The second kappa shape index (κ2) is 6.70. The summed E-state index contributed by atoms with van der Waals surface area (Å²) in [6.07, 6.45) is 2.29.